The first-order valence-electron chi connectivity index (χ1n) is 13.7. The van der Waals surface area contributed by atoms with E-state index >= 15 is 0 Å². The van der Waals surface area contributed by atoms with E-state index in [0.717, 1.165) is 19.3 Å². The molecule has 220 valence electrons. The number of hydrogen-bond donors (Lipinski definition) is 0. The van der Waals surface area contributed by atoms with Gasteiger partial charge in [0.1, 0.15) is 23.1 Å². The smallest absolute Gasteiger partial charge is 0.254 e. The third-order valence-corrected chi connectivity index (χ3v) is 9.56. The molecule has 0 unspecified atom stereocenters. The van der Waals surface area contributed by atoms with Gasteiger partial charge in [-0.25, -0.2) is 12.8 Å². The molecule has 2 aromatic carbocycles. The number of aryl methyl sites for hydroxylation is 3. The fraction of sp³-hybridized carbons (Fsp3) is 0.419. The average Bonchev–Trinajstić information content (AvgIpc) is 2.92. The zero-order chi connectivity index (χ0) is 30.1. The minimum Gasteiger partial charge on any atom is -0.467 e. The third kappa shape index (κ3) is 6.17. The molecule has 3 aromatic rings. The average molecular weight is 585 g/mol. The van der Waals surface area contributed by atoms with Crippen LogP contribution in [0.3, 0.4) is 0 Å². The highest BCUT2D eigenvalue weighted by Crippen LogP contribution is 2.43. The number of sulfone groups is 1. The molecule has 4 rings (SSSR count). The summed E-state index contributed by atoms with van der Waals surface area (Å²) in [5.41, 5.74) is 0.646. The molecule has 1 amide bonds. The van der Waals surface area contributed by atoms with Gasteiger partial charge in [-0.05, 0) is 68.1 Å². The quantitative estimate of drug-likeness (QED) is 0.306. The molecule has 41 heavy (non-hydrogen) atoms. The maximum Gasteiger partial charge on any atom is 0.254 e. The molecule has 8 nitrogen and oxygen atoms in total. The van der Waals surface area contributed by atoms with Crippen LogP contribution in [0.25, 0.3) is 11.1 Å². The number of nitrogens with zero attached hydrogens (tertiary/aromatic N) is 2. The van der Waals surface area contributed by atoms with Gasteiger partial charge in [0.05, 0.1) is 10.6 Å². The Balaban J connectivity index is 1.96. The summed E-state index contributed by atoms with van der Waals surface area (Å²) in [5, 5.41) is 0. The summed E-state index contributed by atoms with van der Waals surface area (Å²) in [6, 6.07) is 8.63. The maximum absolute atomic E-state index is 14.0. The van der Waals surface area contributed by atoms with E-state index in [2.05, 4.69) is 0 Å². The first kappa shape index (κ1) is 30.3. The Morgan fingerprint density at radius 3 is 2.24 bits per heavy atom. The van der Waals surface area contributed by atoms with Crippen molar-refractivity contribution in [1.82, 2.24) is 9.47 Å². The molecule has 1 aliphatic carbocycles. The van der Waals surface area contributed by atoms with Gasteiger partial charge in [-0.3, -0.25) is 9.59 Å². The lowest BCUT2D eigenvalue weighted by Crippen LogP contribution is -2.54. The Bertz CT molecular complexity index is 1620. The van der Waals surface area contributed by atoms with E-state index in [9.17, 15) is 22.4 Å². The molecule has 0 N–H and O–H groups in total. The summed E-state index contributed by atoms with van der Waals surface area (Å²) in [6.07, 6.45) is 5.44. The van der Waals surface area contributed by atoms with Crippen molar-refractivity contribution in [1.29, 1.82) is 0 Å². The van der Waals surface area contributed by atoms with Gasteiger partial charge < -0.3 is 18.9 Å². The first-order valence-corrected chi connectivity index (χ1v) is 15.4. The molecular formula is C31H37FN2O6S. The van der Waals surface area contributed by atoms with Crippen molar-refractivity contribution in [3.8, 4) is 28.4 Å². The van der Waals surface area contributed by atoms with Crippen LogP contribution in [0, 0.1) is 19.7 Å². The zero-order valence-electron chi connectivity index (χ0n) is 24.4. The van der Waals surface area contributed by atoms with Gasteiger partial charge in [-0.1, -0.05) is 13.3 Å². The number of amides is 1. The summed E-state index contributed by atoms with van der Waals surface area (Å²) in [6.45, 7) is 6.50. The van der Waals surface area contributed by atoms with E-state index in [1.165, 1.54) is 41.8 Å². The van der Waals surface area contributed by atoms with Crippen LogP contribution in [-0.2, 0) is 21.7 Å². The van der Waals surface area contributed by atoms with Crippen LogP contribution in [0.1, 0.15) is 57.1 Å². The standard InChI is InChI=1S/C31H37FN2O6S/c1-7-41(37,38)24-11-12-27(39-30-20(2)15-23(32)16-21(30)3)25(17-24)26-19-33(5)29(36)18-28(26)40-31(34(6)22(4)35)13-9-8-10-14-31/h11-12,15-19H,7-10,13-14H2,1-6H3. The summed E-state index contributed by atoms with van der Waals surface area (Å²) >= 11 is 0. The fourth-order valence-corrected chi connectivity index (χ4v) is 6.24. The van der Waals surface area contributed by atoms with Crippen molar-refractivity contribution < 1.29 is 27.1 Å². The minimum absolute atomic E-state index is 0.0861. The number of benzene rings is 2. The molecule has 0 atom stereocenters. The van der Waals surface area contributed by atoms with Crippen LogP contribution < -0.4 is 15.0 Å². The Labute approximate surface area is 240 Å². The van der Waals surface area contributed by atoms with Gasteiger partial charge in [0, 0.05) is 57.3 Å². The molecule has 0 radical (unpaired) electrons. The second-order valence-electron chi connectivity index (χ2n) is 10.7. The molecule has 1 aliphatic rings. The van der Waals surface area contributed by atoms with Gasteiger partial charge in [0.15, 0.2) is 15.6 Å². The Kier molecular flexibility index (Phi) is 8.63. The summed E-state index contributed by atoms with van der Waals surface area (Å²) in [5.74, 6) is 0.292. The zero-order valence-corrected chi connectivity index (χ0v) is 25.2. The molecule has 1 heterocycles. The van der Waals surface area contributed by atoms with Gasteiger partial charge >= 0.3 is 0 Å². The SMILES string of the molecule is CCS(=O)(=O)c1ccc(Oc2c(C)cc(F)cc2C)c(-c2cn(C)c(=O)cc2OC2(N(C)C(C)=O)CCCCC2)c1. The van der Waals surface area contributed by atoms with Crippen molar-refractivity contribution in [2.24, 2.45) is 7.05 Å². The highest BCUT2D eigenvalue weighted by atomic mass is 32.2. The van der Waals surface area contributed by atoms with Crippen molar-refractivity contribution in [3.05, 3.63) is 69.9 Å². The molecule has 1 saturated carbocycles. The van der Waals surface area contributed by atoms with Crippen molar-refractivity contribution in [2.75, 3.05) is 12.8 Å². The minimum atomic E-state index is -3.60. The molecular weight excluding hydrogens is 547 g/mol. The second-order valence-corrected chi connectivity index (χ2v) is 13.0. The van der Waals surface area contributed by atoms with E-state index in [-0.39, 0.29) is 27.9 Å². The Morgan fingerprint density at radius 1 is 1.02 bits per heavy atom. The predicted octanol–water partition coefficient (Wildman–Crippen LogP) is 5.91. The third-order valence-electron chi connectivity index (χ3n) is 7.83. The summed E-state index contributed by atoms with van der Waals surface area (Å²) in [4.78, 5) is 27.1. The lowest BCUT2D eigenvalue weighted by atomic mass is 9.90. The Hall–Kier alpha value is -3.66. The predicted molar refractivity (Wildman–Crippen MR) is 156 cm³/mol. The van der Waals surface area contributed by atoms with Crippen LogP contribution in [0.15, 0.2) is 52.3 Å². The van der Waals surface area contributed by atoms with E-state index in [4.69, 9.17) is 9.47 Å². The lowest BCUT2D eigenvalue weighted by Gasteiger charge is -2.44. The number of rotatable bonds is 8. The summed E-state index contributed by atoms with van der Waals surface area (Å²) < 4.78 is 54.2. The molecule has 1 aromatic heterocycles. The van der Waals surface area contributed by atoms with Crippen LogP contribution in [-0.4, -0.2) is 42.3 Å². The number of aromatic nitrogens is 1. The topological polar surface area (TPSA) is 94.9 Å². The van der Waals surface area contributed by atoms with Crippen LogP contribution in [0.5, 0.6) is 17.2 Å². The number of hydrogen-bond acceptors (Lipinski definition) is 6. The fourth-order valence-electron chi connectivity index (χ4n) is 5.34. The molecule has 1 fully saturated rings. The van der Waals surface area contributed by atoms with Crippen molar-refractivity contribution in [3.63, 3.8) is 0 Å². The number of pyridine rings is 1. The van der Waals surface area contributed by atoms with Crippen molar-refractivity contribution >= 4 is 15.7 Å². The van der Waals surface area contributed by atoms with E-state index in [1.807, 2.05) is 0 Å². The molecule has 0 bridgehead atoms. The first-order chi connectivity index (χ1) is 19.3. The van der Waals surface area contributed by atoms with Gasteiger partial charge in [-0.2, -0.15) is 0 Å². The highest BCUT2D eigenvalue weighted by Gasteiger charge is 2.40. The number of halogens is 1. The number of ether oxygens (including phenoxy) is 2. The van der Waals surface area contributed by atoms with Crippen LogP contribution in [0.2, 0.25) is 0 Å². The number of carbonyl (C=O) groups is 1. The highest BCUT2D eigenvalue weighted by molar-refractivity contribution is 7.91. The second kappa shape index (κ2) is 11.7. The lowest BCUT2D eigenvalue weighted by molar-refractivity contribution is -0.153. The maximum atomic E-state index is 14.0. The summed E-state index contributed by atoms with van der Waals surface area (Å²) in [7, 11) is -0.318. The molecule has 10 heteroatoms. The van der Waals surface area contributed by atoms with Gasteiger partial charge in [0.2, 0.25) is 5.91 Å². The Morgan fingerprint density at radius 2 is 1.66 bits per heavy atom. The molecule has 0 spiro atoms. The largest absolute Gasteiger partial charge is 0.467 e. The molecule has 0 aliphatic heterocycles. The number of carbonyl (C=O) groups excluding carboxylic acids is 1. The van der Waals surface area contributed by atoms with Crippen molar-refractivity contribution in [2.45, 2.75) is 70.4 Å². The normalized spacial score (nSPS) is 14.9. The van der Waals surface area contributed by atoms with E-state index in [0.29, 0.717) is 46.6 Å². The van der Waals surface area contributed by atoms with E-state index in [1.54, 1.807) is 52.0 Å². The monoisotopic (exact) mass is 584 g/mol. The molecule has 0 saturated heterocycles. The van der Waals surface area contributed by atoms with Crippen LogP contribution >= 0.6 is 0 Å². The van der Waals surface area contributed by atoms with Gasteiger partial charge in [0.25, 0.3) is 5.56 Å². The van der Waals surface area contributed by atoms with E-state index < -0.39 is 21.4 Å². The van der Waals surface area contributed by atoms with Gasteiger partial charge in [-0.15, -0.1) is 0 Å². The van der Waals surface area contributed by atoms with Crippen LogP contribution in [0.4, 0.5) is 4.39 Å².